The number of anilines is 1. The number of halogens is 3. The Morgan fingerprint density at radius 3 is 2.25 bits per heavy atom. The molecule has 0 fully saturated rings. The molecule has 0 saturated carbocycles. The maximum absolute atomic E-state index is 8.38. The van der Waals surface area contributed by atoms with Crippen LogP contribution < -0.4 is 5.73 Å². The van der Waals surface area contributed by atoms with Gasteiger partial charge in [-0.3, -0.25) is 5.10 Å². The molecule has 0 aliphatic carbocycles. The fourth-order valence-electron chi connectivity index (χ4n) is 1.25. The van der Waals surface area contributed by atoms with E-state index in [1.807, 2.05) is 6.07 Å². The lowest BCUT2D eigenvalue weighted by atomic mass is 10.3. The van der Waals surface area contributed by atoms with Crippen molar-refractivity contribution in [1.82, 2.24) is 30.6 Å². The minimum atomic E-state index is 0. The van der Waals surface area contributed by atoms with Crippen LogP contribution in [0.5, 0.6) is 0 Å². The number of aromatic nitrogens is 6. The number of hydrogen-bond donors (Lipinski definition) is 4. The number of nitrogens with two attached hydrogens (primary N) is 1. The molecule has 3 rings (SSSR count). The molecule has 0 aliphatic rings. The first-order valence-electron chi connectivity index (χ1n) is 5.48. The second-order valence-corrected chi connectivity index (χ2v) is 4.65. The number of hydrogen-bond acceptors (Lipinski definition) is 9. The average Bonchev–Trinajstić information content (AvgIpc) is 2.93. The Kier molecular flexibility index (Phi) is 9.06. The summed E-state index contributed by atoms with van der Waals surface area (Å²) in [6.45, 7) is 0. The van der Waals surface area contributed by atoms with Crippen LogP contribution >= 0.6 is 34.8 Å². The largest absolute Gasteiger partial charge is 0.412 e. The Morgan fingerprint density at radius 1 is 1.08 bits per heavy atom. The molecule has 11 nitrogen and oxygen atoms in total. The molecule has 3 aromatic heterocycles. The summed E-state index contributed by atoms with van der Waals surface area (Å²) in [6, 6.07) is 4.79. The van der Waals surface area contributed by atoms with E-state index in [1.165, 1.54) is 6.07 Å². The number of fused-ring (bicyclic) bond motifs is 1. The van der Waals surface area contributed by atoms with Crippen LogP contribution in [0.15, 0.2) is 12.1 Å². The molecule has 0 spiro atoms. The molecule has 0 aliphatic heterocycles. The third-order valence-electron chi connectivity index (χ3n) is 2.16. The number of nitrogens with one attached hydrogen (secondary N) is 3. The monoisotopic (exact) mass is 392 g/mol. The zero-order valence-electron chi connectivity index (χ0n) is 11.5. The van der Waals surface area contributed by atoms with E-state index in [-0.39, 0.29) is 22.8 Å². The minimum absolute atomic E-state index is 0. The van der Waals surface area contributed by atoms with E-state index in [4.69, 9.17) is 56.9 Å². The molecular formula is C10H11Cl3N10O. The average molecular weight is 394 g/mol. The van der Waals surface area contributed by atoms with E-state index in [1.54, 1.807) is 6.07 Å². The predicted octanol–water partition coefficient (Wildman–Crippen LogP) is 2.26. The van der Waals surface area contributed by atoms with Crippen molar-refractivity contribution in [3.8, 4) is 6.07 Å². The smallest absolute Gasteiger partial charge is 0.180 e. The van der Waals surface area contributed by atoms with Gasteiger partial charge in [-0.1, -0.05) is 34.8 Å². The molecule has 14 heteroatoms. The van der Waals surface area contributed by atoms with Gasteiger partial charge in [0.25, 0.3) is 0 Å². The van der Waals surface area contributed by atoms with E-state index in [9.17, 15) is 0 Å². The lowest BCUT2D eigenvalue weighted by molar-refractivity contribution is 0.824. The molecule has 0 bridgehead atoms. The zero-order valence-corrected chi connectivity index (χ0v) is 13.8. The van der Waals surface area contributed by atoms with Crippen molar-refractivity contribution in [2.75, 3.05) is 5.73 Å². The Hall–Kier alpha value is -2.65. The number of nitriles is 1. The third kappa shape index (κ3) is 5.52. The van der Waals surface area contributed by atoms with E-state index in [0.29, 0.717) is 22.0 Å². The third-order valence-corrected chi connectivity index (χ3v) is 2.81. The number of H-pyrrole nitrogens is 1. The summed E-state index contributed by atoms with van der Waals surface area (Å²) in [4.78, 5) is 0. The number of rotatable bonds is 0. The Morgan fingerprint density at radius 2 is 1.67 bits per heavy atom. The normalized spacial score (nSPS) is 8.75. The second-order valence-electron chi connectivity index (χ2n) is 3.52. The SMILES string of the molecule is N#Cc1cc(Cl)nnc1Cl.N=N.Nc1n[nH]c2nnc(Cl)cc12.O.[HH]. The lowest BCUT2D eigenvalue weighted by Gasteiger charge is -1.90. The predicted molar refractivity (Wildman–Crippen MR) is 89.0 cm³/mol. The molecule has 128 valence electrons. The summed E-state index contributed by atoms with van der Waals surface area (Å²) in [5.41, 5.74) is 16.3. The summed E-state index contributed by atoms with van der Waals surface area (Å²) in [5, 5.41) is 30.1. The van der Waals surface area contributed by atoms with Gasteiger partial charge in [0.1, 0.15) is 6.07 Å². The van der Waals surface area contributed by atoms with Gasteiger partial charge < -0.3 is 11.2 Å². The first-order valence-corrected chi connectivity index (χ1v) is 6.61. The molecule has 0 amide bonds. The number of nitrogens with zero attached hydrogens (tertiary/aromatic N) is 6. The molecule has 3 heterocycles. The summed E-state index contributed by atoms with van der Waals surface area (Å²) in [7, 11) is 0. The fourth-order valence-corrected chi connectivity index (χ4v) is 1.68. The minimum Gasteiger partial charge on any atom is -0.412 e. The quantitative estimate of drug-likeness (QED) is 0.418. The van der Waals surface area contributed by atoms with Crippen LogP contribution in [-0.2, 0) is 0 Å². The standard InChI is InChI=1S/C5HCl2N3.C5H4ClN5.H2N2.H2O.H2/c6-4-1-3(2-8)5(7)10-9-4;6-3-1-2-4(7)9-11-5(2)10-8-3;1-2;;/h1H;1H,(H3,7,9,10,11);1-2H;1H2;1H. The van der Waals surface area contributed by atoms with Gasteiger partial charge in [0.15, 0.2) is 26.9 Å². The van der Waals surface area contributed by atoms with Crippen molar-refractivity contribution in [2.45, 2.75) is 0 Å². The van der Waals surface area contributed by atoms with Crippen molar-refractivity contribution in [1.29, 1.82) is 16.3 Å². The first-order chi connectivity index (χ1) is 11.0. The lowest BCUT2D eigenvalue weighted by Crippen LogP contribution is -1.86. The first kappa shape index (κ1) is 21.4. The van der Waals surface area contributed by atoms with Crippen molar-refractivity contribution >= 4 is 51.7 Å². The van der Waals surface area contributed by atoms with E-state index in [2.05, 4.69) is 30.6 Å². The molecule has 7 N–H and O–H groups in total. The zero-order chi connectivity index (χ0) is 17.4. The molecule has 24 heavy (non-hydrogen) atoms. The number of nitrogen functional groups attached to an aromatic ring is 1. The highest BCUT2D eigenvalue weighted by atomic mass is 35.5. The van der Waals surface area contributed by atoms with E-state index >= 15 is 0 Å². The van der Waals surface area contributed by atoms with Gasteiger partial charge in [-0.25, -0.2) is 11.1 Å². The van der Waals surface area contributed by atoms with Crippen molar-refractivity contribution in [3.05, 3.63) is 33.2 Å². The van der Waals surface area contributed by atoms with Crippen molar-refractivity contribution < 1.29 is 6.90 Å². The van der Waals surface area contributed by atoms with Gasteiger partial charge in [-0.15, -0.1) is 20.4 Å². The molecule has 0 radical (unpaired) electrons. The van der Waals surface area contributed by atoms with Crippen LogP contribution in [0.1, 0.15) is 6.99 Å². The molecular weight excluding hydrogens is 383 g/mol. The summed E-state index contributed by atoms with van der Waals surface area (Å²) >= 11 is 16.4. The van der Waals surface area contributed by atoms with Gasteiger partial charge in [0, 0.05) is 1.43 Å². The molecule has 0 saturated heterocycles. The van der Waals surface area contributed by atoms with Gasteiger partial charge in [0.2, 0.25) is 0 Å². The second kappa shape index (κ2) is 10.2. The van der Waals surface area contributed by atoms with E-state index in [0.717, 1.165) is 0 Å². The molecule has 0 aromatic carbocycles. The highest BCUT2D eigenvalue weighted by molar-refractivity contribution is 6.32. The summed E-state index contributed by atoms with van der Waals surface area (Å²) < 4.78 is 0. The summed E-state index contributed by atoms with van der Waals surface area (Å²) in [5.74, 6) is 0.386. The van der Waals surface area contributed by atoms with Gasteiger partial charge in [0.05, 0.1) is 10.9 Å². The maximum atomic E-state index is 8.38. The van der Waals surface area contributed by atoms with Crippen LogP contribution in [0.4, 0.5) is 5.82 Å². The highest BCUT2D eigenvalue weighted by Gasteiger charge is 2.03. The Balaban J connectivity index is 0. The van der Waals surface area contributed by atoms with Gasteiger partial charge >= 0.3 is 0 Å². The van der Waals surface area contributed by atoms with Crippen LogP contribution in [0.3, 0.4) is 0 Å². The van der Waals surface area contributed by atoms with Crippen molar-refractivity contribution in [3.63, 3.8) is 0 Å². The van der Waals surface area contributed by atoms with Crippen molar-refractivity contribution in [2.24, 2.45) is 0 Å². The maximum Gasteiger partial charge on any atom is 0.180 e. The summed E-state index contributed by atoms with van der Waals surface area (Å²) in [6.07, 6.45) is 0. The molecule has 0 unspecified atom stereocenters. The molecule has 3 aromatic rings. The van der Waals surface area contributed by atoms with E-state index < -0.39 is 0 Å². The topological polar surface area (TPSA) is 209 Å². The fraction of sp³-hybridized carbons (Fsp3) is 0. The van der Waals surface area contributed by atoms with Crippen LogP contribution in [0, 0.1) is 22.4 Å². The Labute approximate surface area is 150 Å². The Bertz CT molecular complexity index is 855. The van der Waals surface area contributed by atoms with Crippen LogP contribution in [0.2, 0.25) is 15.5 Å². The van der Waals surface area contributed by atoms with Gasteiger partial charge in [-0.2, -0.15) is 10.4 Å². The molecule has 0 atom stereocenters. The highest BCUT2D eigenvalue weighted by Crippen LogP contribution is 2.17. The number of aromatic amines is 1. The van der Waals surface area contributed by atoms with Crippen LogP contribution in [0.25, 0.3) is 11.0 Å². The van der Waals surface area contributed by atoms with Crippen LogP contribution in [-0.4, -0.2) is 36.1 Å². The van der Waals surface area contributed by atoms with Gasteiger partial charge in [-0.05, 0) is 12.1 Å².